The summed E-state index contributed by atoms with van der Waals surface area (Å²) in [5, 5.41) is 9.29. The molecule has 0 radical (unpaired) electrons. The summed E-state index contributed by atoms with van der Waals surface area (Å²) >= 11 is 0. The van der Waals surface area contributed by atoms with Crippen LogP contribution >= 0.6 is 0 Å². The van der Waals surface area contributed by atoms with Crippen LogP contribution in [0.15, 0.2) is 40.9 Å². The van der Waals surface area contributed by atoms with Gasteiger partial charge in [0.15, 0.2) is 0 Å². The molecule has 0 saturated heterocycles. The van der Waals surface area contributed by atoms with Crippen LogP contribution in [0.2, 0.25) is 0 Å². The van der Waals surface area contributed by atoms with E-state index in [9.17, 15) is 13.2 Å². The zero-order valence-corrected chi connectivity index (χ0v) is 12.3. The number of aliphatic hydroxyl groups excluding tert-OH is 1. The molecule has 0 saturated carbocycles. The number of aromatic nitrogens is 1. The number of hydrogen-bond donors (Lipinski definition) is 1. The second-order valence-corrected chi connectivity index (χ2v) is 5.35. The van der Waals surface area contributed by atoms with E-state index in [0.29, 0.717) is 22.4 Å². The second kappa shape index (κ2) is 5.70. The van der Waals surface area contributed by atoms with E-state index < -0.39 is 11.7 Å². The van der Waals surface area contributed by atoms with Crippen molar-refractivity contribution in [3.63, 3.8) is 0 Å². The van der Waals surface area contributed by atoms with Crippen LogP contribution in [-0.2, 0) is 12.6 Å². The number of nitrogens with zero attached hydrogens (tertiary/aromatic N) is 1. The minimum absolute atomic E-state index is 0.171. The molecule has 1 N–H and O–H groups in total. The van der Waals surface area contributed by atoms with Gasteiger partial charge in [-0.2, -0.15) is 13.2 Å². The third-order valence-electron chi connectivity index (χ3n) is 3.54. The average molecular weight is 321 g/mol. The van der Waals surface area contributed by atoms with E-state index in [1.54, 1.807) is 24.4 Å². The Morgan fingerprint density at radius 3 is 2.57 bits per heavy atom. The largest absolute Gasteiger partial charge is 0.460 e. The van der Waals surface area contributed by atoms with Crippen LogP contribution in [0.1, 0.15) is 16.9 Å². The first-order chi connectivity index (χ1) is 10.9. The van der Waals surface area contributed by atoms with Gasteiger partial charge >= 0.3 is 6.18 Å². The van der Waals surface area contributed by atoms with E-state index in [1.807, 2.05) is 6.92 Å². The number of furan rings is 1. The van der Waals surface area contributed by atoms with Gasteiger partial charge in [0.25, 0.3) is 0 Å². The van der Waals surface area contributed by atoms with Crippen molar-refractivity contribution in [2.75, 3.05) is 6.61 Å². The molecular formula is C17H14F3NO2. The van der Waals surface area contributed by atoms with Crippen molar-refractivity contribution in [3.05, 3.63) is 53.4 Å². The molecule has 3 nitrogen and oxygen atoms in total. The third-order valence-corrected chi connectivity index (χ3v) is 3.54. The summed E-state index contributed by atoms with van der Waals surface area (Å²) in [6.07, 6.45) is -2.75. The lowest BCUT2D eigenvalue weighted by Gasteiger charge is -2.10. The number of pyridine rings is 1. The van der Waals surface area contributed by atoms with Gasteiger partial charge in [0.1, 0.15) is 11.3 Å². The van der Waals surface area contributed by atoms with E-state index in [4.69, 9.17) is 9.52 Å². The molecule has 120 valence electrons. The molecule has 0 bridgehead atoms. The van der Waals surface area contributed by atoms with Crippen LogP contribution < -0.4 is 0 Å². The highest BCUT2D eigenvalue weighted by Crippen LogP contribution is 2.39. The molecule has 0 aliphatic rings. The molecule has 0 amide bonds. The topological polar surface area (TPSA) is 46.3 Å². The van der Waals surface area contributed by atoms with E-state index in [0.717, 1.165) is 11.6 Å². The fraction of sp³-hybridized carbons (Fsp3) is 0.235. The van der Waals surface area contributed by atoms with Crippen molar-refractivity contribution in [2.24, 2.45) is 0 Å². The van der Waals surface area contributed by atoms with Crippen molar-refractivity contribution >= 4 is 11.0 Å². The number of aryl methyl sites for hydroxylation is 1. The summed E-state index contributed by atoms with van der Waals surface area (Å²) < 4.78 is 45.3. The van der Waals surface area contributed by atoms with Gasteiger partial charge in [-0.25, -0.2) is 0 Å². The Morgan fingerprint density at radius 1 is 1.17 bits per heavy atom. The molecule has 2 aromatic heterocycles. The van der Waals surface area contributed by atoms with Crippen LogP contribution in [0.25, 0.3) is 22.2 Å². The number of aliphatic hydroxyl groups is 1. The van der Waals surface area contributed by atoms with Gasteiger partial charge in [0.05, 0.1) is 17.9 Å². The van der Waals surface area contributed by atoms with Gasteiger partial charge in [-0.05, 0) is 36.8 Å². The molecular weight excluding hydrogens is 307 g/mol. The van der Waals surface area contributed by atoms with Gasteiger partial charge in [-0.15, -0.1) is 0 Å². The predicted octanol–water partition coefficient (Wildman–Crippen LogP) is 4.36. The Kier molecular flexibility index (Phi) is 3.85. The molecule has 0 aliphatic carbocycles. The highest BCUT2D eigenvalue weighted by molar-refractivity contribution is 5.87. The quantitative estimate of drug-likeness (QED) is 0.780. The summed E-state index contributed by atoms with van der Waals surface area (Å²) in [5.74, 6) is 0.321. The standard InChI is InChI=1S/C17H14F3NO2/c1-10-2-3-15(21-9-10)11-6-12-7-13(4-5-22)23-16(12)14(8-11)17(18,19)20/h2-3,6-9,22H,4-5H2,1H3. The fourth-order valence-corrected chi connectivity index (χ4v) is 2.44. The van der Waals surface area contributed by atoms with Crippen molar-refractivity contribution in [1.29, 1.82) is 0 Å². The average Bonchev–Trinajstić information content (AvgIpc) is 2.88. The lowest BCUT2D eigenvalue weighted by atomic mass is 10.0. The minimum Gasteiger partial charge on any atom is -0.460 e. The third kappa shape index (κ3) is 3.07. The Balaban J connectivity index is 2.22. The molecule has 0 spiro atoms. The van der Waals surface area contributed by atoms with Crippen molar-refractivity contribution in [1.82, 2.24) is 4.98 Å². The maximum Gasteiger partial charge on any atom is 0.420 e. The molecule has 0 atom stereocenters. The maximum absolute atomic E-state index is 13.3. The summed E-state index contributed by atoms with van der Waals surface area (Å²) in [4.78, 5) is 4.18. The Hall–Kier alpha value is -2.34. The number of halogens is 3. The van der Waals surface area contributed by atoms with Gasteiger partial charge in [-0.3, -0.25) is 4.98 Å². The van der Waals surface area contributed by atoms with Gasteiger partial charge in [0.2, 0.25) is 0 Å². The monoisotopic (exact) mass is 321 g/mol. The van der Waals surface area contributed by atoms with E-state index in [1.165, 1.54) is 6.07 Å². The zero-order chi connectivity index (χ0) is 16.6. The molecule has 6 heteroatoms. The molecule has 0 aliphatic heterocycles. The Bertz CT molecular complexity index is 835. The van der Waals surface area contributed by atoms with Crippen LogP contribution in [0, 0.1) is 6.92 Å². The lowest BCUT2D eigenvalue weighted by molar-refractivity contribution is -0.136. The number of benzene rings is 1. The molecule has 3 rings (SSSR count). The zero-order valence-electron chi connectivity index (χ0n) is 12.3. The second-order valence-electron chi connectivity index (χ2n) is 5.35. The minimum atomic E-state index is -4.53. The fourth-order valence-electron chi connectivity index (χ4n) is 2.44. The highest BCUT2D eigenvalue weighted by Gasteiger charge is 2.35. The van der Waals surface area contributed by atoms with Crippen LogP contribution in [-0.4, -0.2) is 16.7 Å². The molecule has 0 fully saturated rings. The summed E-state index contributed by atoms with van der Waals surface area (Å²) in [6.45, 7) is 1.67. The van der Waals surface area contributed by atoms with Gasteiger partial charge in [-0.1, -0.05) is 6.07 Å². The number of alkyl halides is 3. The SMILES string of the molecule is Cc1ccc(-c2cc(C(F)(F)F)c3oc(CCO)cc3c2)nc1. The van der Waals surface area contributed by atoms with Gasteiger partial charge < -0.3 is 9.52 Å². The van der Waals surface area contributed by atoms with E-state index in [2.05, 4.69) is 4.98 Å². The van der Waals surface area contributed by atoms with Crippen LogP contribution in [0.4, 0.5) is 13.2 Å². The normalized spacial score (nSPS) is 12.0. The first kappa shape index (κ1) is 15.6. The van der Waals surface area contributed by atoms with E-state index >= 15 is 0 Å². The van der Waals surface area contributed by atoms with Gasteiger partial charge in [0, 0.05) is 23.6 Å². The maximum atomic E-state index is 13.3. The van der Waals surface area contributed by atoms with E-state index in [-0.39, 0.29) is 18.6 Å². The number of rotatable bonds is 3. The molecule has 2 heterocycles. The summed E-state index contributed by atoms with van der Waals surface area (Å²) in [6, 6.07) is 7.68. The molecule has 1 aromatic carbocycles. The smallest absolute Gasteiger partial charge is 0.420 e. The van der Waals surface area contributed by atoms with Crippen molar-refractivity contribution in [2.45, 2.75) is 19.5 Å². The van der Waals surface area contributed by atoms with Crippen LogP contribution in [0.3, 0.4) is 0 Å². The molecule has 23 heavy (non-hydrogen) atoms. The number of fused-ring (bicyclic) bond motifs is 1. The Labute approximate surface area is 130 Å². The first-order valence-corrected chi connectivity index (χ1v) is 7.06. The predicted molar refractivity (Wildman–Crippen MR) is 80.0 cm³/mol. The highest BCUT2D eigenvalue weighted by atomic mass is 19.4. The Morgan fingerprint density at radius 2 is 1.96 bits per heavy atom. The summed E-state index contributed by atoms with van der Waals surface area (Å²) in [5.41, 5.74) is 0.724. The van der Waals surface area contributed by atoms with Crippen LogP contribution in [0.5, 0.6) is 0 Å². The molecule has 3 aromatic rings. The summed E-state index contributed by atoms with van der Waals surface area (Å²) in [7, 11) is 0. The van der Waals surface area contributed by atoms with Crippen molar-refractivity contribution in [3.8, 4) is 11.3 Å². The number of hydrogen-bond acceptors (Lipinski definition) is 3. The van der Waals surface area contributed by atoms with Crippen molar-refractivity contribution < 1.29 is 22.7 Å². The first-order valence-electron chi connectivity index (χ1n) is 7.06. The molecule has 0 unspecified atom stereocenters. The lowest BCUT2D eigenvalue weighted by Crippen LogP contribution is -2.05.